The molecule has 1 rings (SSSR count). The Labute approximate surface area is 157 Å². The molecule has 0 aliphatic rings. The number of ether oxygens (including phenoxy) is 2. The second-order valence-electron chi connectivity index (χ2n) is 5.74. The topological polar surface area (TPSA) is 79.3 Å². The maximum Gasteiger partial charge on any atom is 0.245 e. The molecule has 8 heteroatoms. The van der Waals surface area contributed by atoms with Crippen molar-refractivity contribution in [3.05, 3.63) is 24.3 Å². The lowest BCUT2D eigenvalue weighted by Gasteiger charge is -2.30. The van der Waals surface area contributed by atoms with Crippen LogP contribution in [0.2, 0.25) is 0 Å². The number of hydrogen-bond donors (Lipinski definition) is 1. The average molecular weight is 389 g/mol. The van der Waals surface area contributed by atoms with Gasteiger partial charge in [0.05, 0.1) is 24.7 Å². The zero-order valence-electron chi connectivity index (χ0n) is 16.2. The minimum Gasteiger partial charge on any atom is -0.494 e. The van der Waals surface area contributed by atoms with E-state index < -0.39 is 16.3 Å². The monoisotopic (exact) mass is 388 g/mol. The summed E-state index contributed by atoms with van der Waals surface area (Å²) >= 11 is 0. The standard InChI is InChI=1S/C18H32N2O5S/c1-5-19(6-2)12-13-20(16(4)25-15-14-21)26(22,23)18-10-8-17(9-11-18)24-7-3/h8-11,16,21H,5-7,12-15H2,1-4H3. The molecule has 0 aromatic heterocycles. The van der Waals surface area contributed by atoms with Crippen LogP contribution in [0.3, 0.4) is 0 Å². The maximum absolute atomic E-state index is 13.1. The van der Waals surface area contributed by atoms with E-state index in [1.54, 1.807) is 31.2 Å². The number of benzene rings is 1. The lowest BCUT2D eigenvalue weighted by atomic mass is 10.3. The third kappa shape index (κ3) is 6.51. The van der Waals surface area contributed by atoms with Crippen molar-refractivity contribution in [2.75, 3.05) is 46.0 Å². The summed E-state index contributed by atoms with van der Waals surface area (Å²) in [6, 6.07) is 6.39. The molecule has 7 nitrogen and oxygen atoms in total. The molecular formula is C18H32N2O5S. The molecule has 0 saturated carbocycles. The minimum absolute atomic E-state index is 0.0851. The first kappa shape index (κ1) is 22.9. The first-order valence-corrected chi connectivity index (χ1v) is 10.5. The van der Waals surface area contributed by atoms with Crippen molar-refractivity contribution in [1.29, 1.82) is 0 Å². The molecule has 1 atom stereocenters. The van der Waals surface area contributed by atoms with Gasteiger partial charge in [0.1, 0.15) is 12.0 Å². The van der Waals surface area contributed by atoms with E-state index in [0.29, 0.717) is 25.4 Å². The Bertz CT molecular complexity index is 603. The molecule has 1 N–H and O–H groups in total. The van der Waals surface area contributed by atoms with Crippen molar-refractivity contribution in [2.45, 2.75) is 38.8 Å². The smallest absolute Gasteiger partial charge is 0.245 e. The number of sulfonamides is 1. The Morgan fingerprint density at radius 3 is 2.19 bits per heavy atom. The first-order valence-electron chi connectivity index (χ1n) is 9.10. The van der Waals surface area contributed by atoms with Crippen LogP contribution in [0.15, 0.2) is 29.2 Å². The average Bonchev–Trinajstić information content (AvgIpc) is 2.64. The van der Waals surface area contributed by atoms with Gasteiger partial charge in [-0.25, -0.2) is 8.42 Å². The number of aliphatic hydroxyl groups is 1. The summed E-state index contributed by atoms with van der Waals surface area (Å²) in [7, 11) is -3.73. The van der Waals surface area contributed by atoms with E-state index in [0.717, 1.165) is 13.1 Å². The van der Waals surface area contributed by atoms with Crippen molar-refractivity contribution < 1.29 is 23.0 Å². The Hall–Kier alpha value is -1.19. The Kier molecular flexibility index (Phi) is 10.1. The van der Waals surface area contributed by atoms with Gasteiger partial charge in [-0.2, -0.15) is 4.31 Å². The van der Waals surface area contributed by atoms with Crippen molar-refractivity contribution >= 4 is 10.0 Å². The third-order valence-electron chi connectivity index (χ3n) is 4.13. The van der Waals surface area contributed by atoms with E-state index in [2.05, 4.69) is 4.90 Å². The largest absolute Gasteiger partial charge is 0.494 e. The normalized spacial score (nSPS) is 13.3. The number of aliphatic hydroxyl groups excluding tert-OH is 1. The molecule has 0 saturated heterocycles. The molecule has 1 aromatic rings. The molecule has 0 heterocycles. The van der Waals surface area contributed by atoms with E-state index in [9.17, 15) is 8.42 Å². The van der Waals surface area contributed by atoms with Crippen molar-refractivity contribution in [3.63, 3.8) is 0 Å². The van der Waals surface area contributed by atoms with Gasteiger partial charge in [0.2, 0.25) is 10.0 Å². The Morgan fingerprint density at radius 2 is 1.69 bits per heavy atom. The summed E-state index contributed by atoms with van der Waals surface area (Å²) in [6.07, 6.45) is -0.672. The van der Waals surface area contributed by atoms with Crippen LogP contribution in [0.4, 0.5) is 0 Å². The number of likely N-dealkylation sites (N-methyl/N-ethyl adjacent to an activating group) is 1. The summed E-state index contributed by atoms with van der Waals surface area (Å²) in [5, 5.41) is 8.98. The van der Waals surface area contributed by atoms with E-state index in [1.165, 1.54) is 4.31 Å². The summed E-state index contributed by atoms with van der Waals surface area (Å²) < 4.78 is 38.4. The van der Waals surface area contributed by atoms with Crippen LogP contribution in [0.5, 0.6) is 5.75 Å². The summed E-state index contributed by atoms with van der Waals surface area (Å²) in [5.41, 5.74) is 0. The van der Waals surface area contributed by atoms with Gasteiger partial charge in [-0.1, -0.05) is 13.8 Å². The molecule has 1 unspecified atom stereocenters. The predicted octanol–water partition coefficient (Wildman–Crippen LogP) is 1.77. The molecule has 0 fully saturated rings. The Morgan fingerprint density at radius 1 is 1.08 bits per heavy atom. The van der Waals surface area contributed by atoms with Gasteiger partial charge in [0, 0.05) is 13.1 Å². The van der Waals surface area contributed by atoms with E-state index in [4.69, 9.17) is 14.6 Å². The lowest BCUT2D eigenvalue weighted by molar-refractivity contribution is -0.0233. The van der Waals surface area contributed by atoms with Crippen LogP contribution in [0.1, 0.15) is 27.7 Å². The van der Waals surface area contributed by atoms with Crippen molar-refractivity contribution in [3.8, 4) is 5.75 Å². The van der Waals surface area contributed by atoms with Gasteiger partial charge in [-0.3, -0.25) is 0 Å². The fourth-order valence-electron chi connectivity index (χ4n) is 2.59. The maximum atomic E-state index is 13.1. The third-order valence-corrected chi connectivity index (χ3v) is 6.09. The molecular weight excluding hydrogens is 356 g/mol. The highest BCUT2D eigenvalue weighted by Gasteiger charge is 2.29. The predicted molar refractivity (Wildman–Crippen MR) is 102 cm³/mol. The molecule has 0 radical (unpaired) electrons. The second kappa shape index (κ2) is 11.5. The zero-order valence-corrected chi connectivity index (χ0v) is 17.0. The highest BCUT2D eigenvalue weighted by Crippen LogP contribution is 2.22. The SMILES string of the molecule is CCOc1ccc(S(=O)(=O)N(CCN(CC)CC)C(C)OCCO)cc1. The van der Waals surface area contributed by atoms with Gasteiger partial charge in [0.25, 0.3) is 0 Å². The van der Waals surface area contributed by atoms with Crippen LogP contribution in [0, 0.1) is 0 Å². The van der Waals surface area contributed by atoms with Gasteiger partial charge in [-0.15, -0.1) is 0 Å². The summed E-state index contributed by atoms with van der Waals surface area (Å²) in [5.74, 6) is 0.630. The van der Waals surface area contributed by atoms with E-state index in [1.807, 2.05) is 20.8 Å². The molecule has 0 aliphatic carbocycles. The molecule has 0 aliphatic heterocycles. The fraction of sp³-hybridized carbons (Fsp3) is 0.667. The van der Waals surface area contributed by atoms with Crippen molar-refractivity contribution in [2.24, 2.45) is 0 Å². The number of nitrogens with zero attached hydrogens (tertiary/aromatic N) is 2. The van der Waals surface area contributed by atoms with E-state index >= 15 is 0 Å². The number of hydrogen-bond acceptors (Lipinski definition) is 6. The van der Waals surface area contributed by atoms with Crippen LogP contribution < -0.4 is 4.74 Å². The zero-order chi connectivity index (χ0) is 19.6. The first-order chi connectivity index (χ1) is 12.4. The Balaban J connectivity index is 3.04. The van der Waals surface area contributed by atoms with Gasteiger partial charge < -0.3 is 19.5 Å². The van der Waals surface area contributed by atoms with Gasteiger partial charge >= 0.3 is 0 Å². The van der Waals surface area contributed by atoms with Crippen LogP contribution >= 0.6 is 0 Å². The lowest BCUT2D eigenvalue weighted by Crippen LogP contribution is -2.45. The van der Waals surface area contributed by atoms with Crippen LogP contribution in [-0.2, 0) is 14.8 Å². The molecule has 26 heavy (non-hydrogen) atoms. The molecule has 0 bridgehead atoms. The highest BCUT2D eigenvalue weighted by molar-refractivity contribution is 7.89. The fourth-order valence-corrected chi connectivity index (χ4v) is 4.12. The van der Waals surface area contributed by atoms with Crippen LogP contribution in [-0.4, -0.2) is 75.0 Å². The molecule has 0 amide bonds. The van der Waals surface area contributed by atoms with Gasteiger partial charge in [0.15, 0.2) is 0 Å². The van der Waals surface area contributed by atoms with Crippen LogP contribution in [0.25, 0.3) is 0 Å². The summed E-state index contributed by atoms with van der Waals surface area (Å²) in [4.78, 5) is 2.35. The van der Waals surface area contributed by atoms with Gasteiger partial charge in [-0.05, 0) is 51.2 Å². The molecule has 1 aromatic carbocycles. The summed E-state index contributed by atoms with van der Waals surface area (Å²) in [6.45, 7) is 10.7. The second-order valence-corrected chi connectivity index (χ2v) is 7.63. The minimum atomic E-state index is -3.73. The molecule has 0 spiro atoms. The highest BCUT2D eigenvalue weighted by atomic mass is 32.2. The molecule has 150 valence electrons. The number of rotatable bonds is 13. The van der Waals surface area contributed by atoms with E-state index in [-0.39, 0.29) is 18.1 Å². The van der Waals surface area contributed by atoms with Crippen molar-refractivity contribution in [1.82, 2.24) is 9.21 Å². The quantitative estimate of drug-likeness (QED) is 0.519.